The quantitative estimate of drug-likeness (QED) is 0.735. The highest BCUT2D eigenvalue weighted by Crippen LogP contribution is 1.79. The average molecular weight is 190 g/mol. The van der Waals surface area contributed by atoms with Crippen LogP contribution in [-0.4, -0.2) is 38.0 Å². The number of hydrogen-bond donors (Lipinski definition) is 1. The first kappa shape index (κ1) is 18.3. The predicted octanol–water partition coefficient (Wildman–Crippen LogP) is 1.74. The minimum atomic E-state index is 0.116. The van der Waals surface area contributed by atoms with Gasteiger partial charge < -0.3 is 10.2 Å². The Hall–Kier alpha value is -0.570. The fraction of sp³-hybridized carbons (Fsp3) is 0.900. The molecule has 0 radical (unpaired) electrons. The summed E-state index contributed by atoms with van der Waals surface area (Å²) in [6.07, 6.45) is 0. The van der Waals surface area contributed by atoms with Gasteiger partial charge in [-0.15, -0.1) is 0 Å². The molecule has 3 nitrogen and oxygen atoms in total. The van der Waals surface area contributed by atoms with E-state index < -0.39 is 0 Å². The summed E-state index contributed by atoms with van der Waals surface area (Å²) in [5.74, 6) is 0.116. The Morgan fingerprint density at radius 1 is 1.23 bits per heavy atom. The van der Waals surface area contributed by atoms with Crippen LogP contribution in [0.5, 0.6) is 0 Å². The van der Waals surface area contributed by atoms with Crippen molar-refractivity contribution in [2.45, 2.75) is 34.6 Å². The van der Waals surface area contributed by atoms with Crippen LogP contribution in [0.25, 0.3) is 0 Å². The molecule has 13 heavy (non-hydrogen) atoms. The molecular weight excluding hydrogens is 164 g/mol. The van der Waals surface area contributed by atoms with Gasteiger partial charge in [-0.05, 0) is 7.05 Å². The number of rotatable bonds is 3. The first-order chi connectivity index (χ1) is 6.18. The molecule has 0 aromatic heterocycles. The van der Waals surface area contributed by atoms with Crippen LogP contribution in [0.4, 0.5) is 0 Å². The average Bonchev–Trinajstić information content (AvgIpc) is 2.20. The maximum Gasteiger partial charge on any atom is 0.219 e. The molecule has 0 aromatic carbocycles. The molecule has 1 N–H and O–H groups in total. The van der Waals surface area contributed by atoms with Gasteiger partial charge in [-0.1, -0.05) is 27.7 Å². The third-order valence-electron chi connectivity index (χ3n) is 1.23. The van der Waals surface area contributed by atoms with Crippen LogP contribution >= 0.6 is 0 Å². The molecule has 0 unspecified atom stereocenters. The Labute approximate surface area is 83.5 Å². The highest BCUT2D eigenvalue weighted by Gasteiger charge is 1.97. The van der Waals surface area contributed by atoms with Crippen LogP contribution in [0.3, 0.4) is 0 Å². The van der Waals surface area contributed by atoms with Gasteiger partial charge in [-0.3, -0.25) is 4.79 Å². The molecule has 0 fully saturated rings. The summed E-state index contributed by atoms with van der Waals surface area (Å²) in [5.41, 5.74) is 0. The zero-order chi connectivity index (χ0) is 11.3. The highest BCUT2D eigenvalue weighted by molar-refractivity contribution is 5.72. The van der Waals surface area contributed by atoms with Crippen LogP contribution in [0.15, 0.2) is 0 Å². The van der Waals surface area contributed by atoms with E-state index in [4.69, 9.17) is 0 Å². The summed E-state index contributed by atoms with van der Waals surface area (Å²) >= 11 is 0. The maximum atomic E-state index is 10.5. The van der Waals surface area contributed by atoms with Crippen LogP contribution in [-0.2, 0) is 4.79 Å². The van der Waals surface area contributed by atoms with Crippen molar-refractivity contribution >= 4 is 5.91 Å². The lowest BCUT2D eigenvalue weighted by atomic mass is 10.5. The zero-order valence-corrected chi connectivity index (χ0v) is 10.3. The summed E-state index contributed by atoms with van der Waals surface area (Å²) in [5, 5.41) is 2.96. The van der Waals surface area contributed by atoms with Gasteiger partial charge in [0.2, 0.25) is 5.91 Å². The van der Waals surface area contributed by atoms with E-state index >= 15 is 0 Å². The van der Waals surface area contributed by atoms with E-state index in [1.54, 1.807) is 18.9 Å². The van der Waals surface area contributed by atoms with Gasteiger partial charge >= 0.3 is 0 Å². The van der Waals surface area contributed by atoms with Gasteiger partial charge in [0.25, 0.3) is 0 Å². The lowest BCUT2D eigenvalue weighted by Gasteiger charge is -2.13. The van der Waals surface area contributed by atoms with Crippen molar-refractivity contribution in [3.05, 3.63) is 0 Å². The van der Waals surface area contributed by atoms with E-state index in [1.165, 1.54) is 0 Å². The predicted molar refractivity (Wildman–Crippen MR) is 59.9 cm³/mol. The Morgan fingerprint density at radius 3 is 1.85 bits per heavy atom. The number of amides is 1. The summed E-state index contributed by atoms with van der Waals surface area (Å²) < 4.78 is 0. The van der Waals surface area contributed by atoms with E-state index in [2.05, 4.69) is 5.32 Å². The van der Waals surface area contributed by atoms with E-state index in [0.29, 0.717) is 0 Å². The second-order valence-electron chi connectivity index (χ2n) is 2.04. The van der Waals surface area contributed by atoms with Crippen LogP contribution in [0.2, 0.25) is 0 Å². The second kappa shape index (κ2) is 17.5. The molecule has 3 heteroatoms. The van der Waals surface area contributed by atoms with Gasteiger partial charge in [0.1, 0.15) is 0 Å². The van der Waals surface area contributed by atoms with Crippen molar-refractivity contribution < 1.29 is 4.79 Å². The standard InChI is InChI=1S/C6H14N2O.2C2H6/c1-6(9)8(3)5-4-7-2;2*1-2/h7H,4-5H2,1-3H3;2*1-2H3. The van der Waals surface area contributed by atoms with Crippen LogP contribution in [0.1, 0.15) is 34.6 Å². The lowest BCUT2D eigenvalue weighted by molar-refractivity contribution is -0.127. The number of nitrogens with one attached hydrogen (secondary N) is 1. The summed E-state index contributed by atoms with van der Waals surface area (Å²) in [6, 6.07) is 0. The minimum Gasteiger partial charge on any atom is -0.345 e. The fourth-order valence-corrected chi connectivity index (χ4v) is 0.437. The largest absolute Gasteiger partial charge is 0.345 e. The molecule has 0 aliphatic rings. The Balaban J connectivity index is -0.000000218. The normalized spacial score (nSPS) is 7.31. The minimum absolute atomic E-state index is 0.116. The molecule has 0 heterocycles. The number of nitrogens with zero attached hydrogens (tertiary/aromatic N) is 1. The molecule has 0 rings (SSSR count). The fourth-order valence-electron chi connectivity index (χ4n) is 0.437. The van der Waals surface area contributed by atoms with E-state index in [-0.39, 0.29) is 5.91 Å². The van der Waals surface area contributed by atoms with Gasteiger partial charge in [0.05, 0.1) is 0 Å². The van der Waals surface area contributed by atoms with Crippen molar-refractivity contribution in [1.82, 2.24) is 10.2 Å². The summed E-state index contributed by atoms with van der Waals surface area (Å²) in [6.45, 7) is 11.2. The zero-order valence-electron chi connectivity index (χ0n) is 10.3. The molecular formula is C10H26N2O. The first-order valence-electron chi connectivity index (χ1n) is 5.04. The van der Waals surface area contributed by atoms with Crippen molar-refractivity contribution in [3.63, 3.8) is 0 Å². The molecule has 0 saturated heterocycles. The van der Waals surface area contributed by atoms with Crippen LogP contribution < -0.4 is 5.32 Å². The molecule has 0 aliphatic heterocycles. The highest BCUT2D eigenvalue weighted by atomic mass is 16.2. The molecule has 1 amide bonds. The van der Waals surface area contributed by atoms with Gasteiger partial charge in [0, 0.05) is 27.1 Å². The number of likely N-dealkylation sites (N-methyl/N-ethyl adjacent to an activating group) is 2. The van der Waals surface area contributed by atoms with E-state index in [0.717, 1.165) is 13.1 Å². The van der Waals surface area contributed by atoms with Gasteiger partial charge in [0.15, 0.2) is 0 Å². The molecule has 0 atom stereocenters. The first-order valence-corrected chi connectivity index (χ1v) is 5.04. The lowest BCUT2D eigenvalue weighted by Crippen LogP contribution is -2.30. The van der Waals surface area contributed by atoms with Crippen molar-refractivity contribution in [2.24, 2.45) is 0 Å². The number of hydrogen-bond acceptors (Lipinski definition) is 2. The third kappa shape index (κ3) is 18.4. The summed E-state index contributed by atoms with van der Waals surface area (Å²) in [7, 11) is 3.66. The number of carbonyl (C=O) groups is 1. The van der Waals surface area contributed by atoms with Crippen molar-refractivity contribution in [1.29, 1.82) is 0 Å². The molecule has 0 saturated carbocycles. The van der Waals surface area contributed by atoms with E-state index in [9.17, 15) is 4.79 Å². The Bertz CT molecular complexity index is 94.9. The van der Waals surface area contributed by atoms with E-state index in [1.807, 2.05) is 34.7 Å². The molecule has 0 spiro atoms. The number of carbonyl (C=O) groups excluding carboxylic acids is 1. The molecule has 0 aliphatic carbocycles. The van der Waals surface area contributed by atoms with Crippen LogP contribution in [0, 0.1) is 0 Å². The monoisotopic (exact) mass is 190 g/mol. The Morgan fingerprint density at radius 2 is 1.62 bits per heavy atom. The van der Waals surface area contributed by atoms with Crippen molar-refractivity contribution in [2.75, 3.05) is 27.2 Å². The third-order valence-corrected chi connectivity index (χ3v) is 1.23. The maximum absolute atomic E-state index is 10.5. The SMILES string of the molecule is CC.CC.CNCCN(C)C(C)=O. The van der Waals surface area contributed by atoms with Gasteiger partial charge in [-0.25, -0.2) is 0 Å². The van der Waals surface area contributed by atoms with Gasteiger partial charge in [-0.2, -0.15) is 0 Å². The summed E-state index contributed by atoms with van der Waals surface area (Å²) in [4.78, 5) is 12.2. The molecule has 0 aromatic rings. The molecule has 82 valence electrons. The Kier molecular flexibility index (Phi) is 24.6. The smallest absolute Gasteiger partial charge is 0.219 e. The second-order valence-corrected chi connectivity index (χ2v) is 2.04. The van der Waals surface area contributed by atoms with Crippen molar-refractivity contribution in [3.8, 4) is 0 Å². The topological polar surface area (TPSA) is 32.3 Å². The molecule has 0 bridgehead atoms.